The maximum Gasteiger partial charge on any atom is 0.264 e. The monoisotopic (exact) mass is 502 g/mol. The number of rotatable bonds is 6. The SMILES string of the molecule is O=C(c1ccc(NS(=O)(=O)c2cccc3cccnc23)cc1)N1CCC(O)(Cc2ccccn2)CC1. The third kappa shape index (κ3) is 5.07. The van der Waals surface area contributed by atoms with Gasteiger partial charge in [-0.3, -0.25) is 19.5 Å². The number of pyridine rings is 2. The summed E-state index contributed by atoms with van der Waals surface area (Å²) >= 11 is 0. The van der Waals surface area contributed by atoms with Gasteiger partial charge in [0.15, 0.2) is 0 Å². The quantitative estimate of drug-likeness (QED) is 0.416. The molecule has 36 heavy (non-hydrogen) atoms. The van der Waals surface area contributed by atoms with Crippen LogP contribution >= 0.6 is 0 Å². The van der Waals surface area contributed by atoms with Crippen molar-refractivity contribution in [2.45, 2.75) is 29.8 Å². The molecule has 184 valence electrons. The first-order chi connectivity index (χ1) is 17.3. The van der Waals surface area contributed by atoms with Gasteiger partial charge in [0.05, 0.1) is 11.1 Å². The number of amides is 1. The summed E-state index contributed by atoms with van der Waals surface area (Å²) in [5.41, 5.74) is 1.15. The van der Waals surface area contributed by atoms with Crippen molar-refractivity contribution in [2.24, 2.45) is 0 Å². The van der Waals surface area contributed by atoms with Crippen molar-refractivity contribution in [1.82, 2.24) is 14.9 Å². The lowest BCUT2D eigenvalue weighted by Crippen LogP contribution is -2.47. The lowest BCUT2D eigenvalue weighted by atomic mass is 9.86. The summed E-state index contributed by atoms with van der Waals surface area (Å²) in [6, 6.07) is 20.6. The van der Waals surface area contributed by atoms with Crippen LogP contribution in [0, 0.1) is 0 Å². The topological polar surface area (TPSA) is 112 Å². The highest BCUT2D eigenvalue weighted by molar-refractivity contribution is 7.93. The summed E-state index contributed by atoms with van der Waals surface area (Å²) in [5.74, 6) is -0.150. The Morgan fingerprint density at radius 1 is 0.917 bits per heavy atom. The van der Waals surface area contributed by atoms with Crippen molar-refractivity contribution in [3.8, 4) is 0 Å². The summed E-state index contributed by atoms with van der Waals surface area (Å²) in [6.07, 6.45) is 4.65. The van der Waals surface area contributed by atoms with Crippen LogP contribution in [0.25, 0.3) is 10.9 Å². The molecule has 1 amide bonds. The van der Waals surface area contributed by atoms with Gasteiger partial charge in [0.1, 0.15) is 4.90 Å². The summed E-state index contributed by atoms with van der Waals surface area (Å²) in [4.78, 5) is 23.3. The second kappa shape index (κ2) is 9.67. The fourth-order valence-electron chi connectivity index (χ4n) is 4.51. The van der Waals surface area contributed by atoms with Crippen LogP contribution in [0.5, 0.6) is 0 Å². The van der Waals surface area contributed by atoms with Gasteiger partial charge in [-0.25, -0.2) is 8.42 Å². The summed E-state index contributed by atoms with van der Waals surface area (Å²) in [7, 11) is -3.87. The van der Waals surface area contributed by atoms with E-state index in [1.165, 1.54) is 6.07 Å². The van der Waals surface area contributed by atoms with Gasteiger partial charge >= 0.3 is 0 Å². The van der Waals surface area contributed by atoms with Gasteiger partial charge in [0.25, 0.3) is 15.9 Å². The van der Waals surface area contributed by atoms with Crippen molar-refractivity contribution in [1.29, 1.82) is 0 Å². The maximum atomic E-state index is 13.0. The van der Waals surface area contributed by atoms with Crippen LogP contribution in [0.2, 0.25) is 0 Å². The van der Waals surface area contributed by atoms with Crippen LogP contribution in [0.15, 0.2) is 90.1 Å². The molecule has 0 saturated carbocycles. The lowest BCUT2D eigenvalue weighted by molar-refractivity contribution is -0.0168. The second-order valence-corrected chi connectivity index (χ2v) is 10.7. The van der Waals surface area contributed by atoms with Crippen LogP contribution in [-0.4, -0.2) is 53.0 Å². The van der Waals surface area contributed by atoms with E-state index in [0.29, 0.717) is 49.1 Å². The average molecular weight is 503 g/mol. The Morgan fingerprint density at radius 2 is 1.64 bits per heavy atom. The third-order valence-electron chi connectivity index (χ3n) is 6.49. The standard InChI is InChI=1S/C27H26N4O4S/c32-26(31-17-13-27(33,14-18-31)19-23-7-1-2-15-28-23)21-9-11-22(12-10-21)30-36(34,35)24-8-3-5-20-6-4-16-29-25(20)24/h1-12,15-16,30,33H,13-14,17-19H2. The van der Waals surface area contributed by atoms with E-state index < -0.39 is 15.6 Å². The van der Waals surface area contributed by atoms with Crippen LogP contribution in [0.4, 0.5) is 5.69 Å². The van der Waals surface area contributed by atoms with Gasteiger partial charge in [-0.05, 0) is 61.4 Å². The highest BCUT2D eigenvalue weighted by Gasteiger charge is 2.34. The number of nitrogens with zero attached hydrogens (tertiary/aromatic N) is 3. The number of nitrogens with one attached hydrogen (secondary N) is 1. The van der Waals surface area contributed by atoms with Gasteiger partial charge in [0, 0.05) is 54.2 Å². The second-order valence-electron chi connectivity index (χ2n) is 9.03. The average Bonchev–Trinajstić information content (AvgIpc) is 2.89. The molecule has 0 unspecified atom stereocenters. The molecule has 0 bridgehead atoms. The Morgan fingerprint density at radius 3 is 2.36 bits per heavy atom. The molecule has 1 saturated heterocycles. The Hall–Kier alpha value is -3.82. The molecule has 9 heteroatoms. The molecular formula is C27H26N4O4S. The molecular weight excluding hydrogens is 476 g/mol. The predicted octanol–water partition coefficient (Wildman–Crippen LogP) is 3.64. The first-order valence-corrected chi connectivity index (χ1v) is 13.2. The zero-order valence-corrected chi connectivity index (χ0v) is 20.4. The van der Waals surface area contributed by atoms with E-state index in [-0.39, 0.29) is 10.8 Å². The number of aliphatic hydroxyl groups is 1. The van der Waals surface area contributed by atoms with Gasteiger partial charge in [-0.15, -0.1) is 0 Å². The zero-order chi connectivity index (χ0) is 25.2. The van der Waals surface area contributed by atoms with Gasteiger partial charge < -0.3 is 10.0 Å². The minimum Gasteiger partial charge on any atom is -0.389 e. The predicted molar refractivity (Wildman–Crippen MR) is 137 cm³/mol. The Kier molecular flexibility index (Phi) is 6.42. The lowest BCUT2D eigenvalue weighted by Gasteiger charge is -2.38. The number of para-hydroxylation sites is 1. The number of sulfonamides is 1. The van der Waals surface area contributed by atoms with E-state index in [1.54, 1.807) is 53.7 Å². The van der Waals surface area contributed by atoms with E-state index in [4.69, 9.17) is 0 Å². The molecule has 4 aromatic rings. The molecule has 1 aliphatic rings. The molecule has 0 atom stereocenters. The van der Waals surface area contributed by atoms with E-state index in [1.807, 2.05) is 30.3 Å². The highest BCUT2D eigenvalue weighted by Crippen LogP contribution is 2.27. The van der Waals surface area contributed by atoms with Crippen LogP contribution in [0.1, 0.15) is 28.9 Å². The maximum absolute atomic E-state index is 13.0. The third-order valence-corrected chi connectivity index (χ3v) is 7.90. The summed E-state index contributed by atoms with van der Waals surface area (Å²) < 4.78 is 28.6. The Balaban J connectivity index is 1.24. The van der Waals surface area contributed by atoms with Crippen molar-refractivity contribution in [3.05, 3.63) is 96.4 Å². The number of hydrogen-bond donors (Lipinski definition) is 2. The molecule has 5 rings (SSSR count). The number of benzene rings is 2. The Bertz CT molecular complexity index is 1480. The van der Waals surface area contributed by atoms with Crippen molar-refractivity contribution >= 4 is 32.5 Å². The molecule has 0 spiro atoms. The molecule has 2 aromatic carbocycles. The number of hydrogen-bond acceptors (Lipinski definition) is 6. The molecule has 1 fully saturated rings. The number of piperidine rings is 1. The van der Waals surface area contributed by atoms with Crippen LogP contribution < -0.4 is 4.72 Å². The van der Waals surface area contributed by atoms with Crippen molar-refractivity contribution in [2.75, 3.05) is 17.8 Å². The molecule has 2 aromatic heterocycles. The first kappa shape index (κ1) is 23.9. The molecule has 2 N–H and O–H groups in total. The number of carbonyl (C=O) groups excluding carboxylic acids is 1. The highest BCUT2D eigenvalue weighted by atomic mass is 32.2. The minimum absolute atomic E-state index is 0.0901. The Labute approximate surface area is 209 Å². The van der Waals surface area contributed by atoms with Crippen molar-refractivity contribution in [3.63, 3.8) is 0 Å². The first-order valence-electron chi connectivity index (χ1n) is 11.7. The fourth-order valence-corrected chi connectivity index (χ4v) is 5.75. The number of aromatic nitrogens is 2. The van der Waals surface area contributed by atoms with Crippen LogP contribution in [-0.2, 0) is 16.4 Å². The smallest absolute Gasteiger partial charge is 0.264 e. The fraction of sp³-hybridized carbons (Fsp3) is 0.222. The largest absolute Gasteiger partial charge is 0.389 e. The molecule has 0 radical (unpaired) electrons. The van der Waals surface area contributed by atoms with Crippen molar-refractivity contribution < 1.29 is 18.3 Å². The normalized spacial score (nSPS) is 15.5. The number of carbonyl (C=O) groups is 1. The van der Waals surface area contributed by atoms with E-state index >= 15 is 0 Å². The number of likely N-dealkylation sites (tertiary alicyclic amines) is 1. The molecule has 1 aliphatic heterocycles. The van der Waals surface area contributed by atoms with E-state index in [0.717, 1.165) is 11.1 Å². The van der Waals surface area contributed by atoms with E-state index in [9.17, 15) is 18.3 Å². The number of anilines is 1. The number of fused-ring (bicyclic) bond motifs is 1. The minimum atomic E-state index is -3.87. The molecule has 8 nitrogen and oxygen atoms in total. The van der Waals surface area contributed by atoms with Gasteiger partial charge in [0.2, 0.25) is 0 Å². The van der Waals surface area contributed by atoms with E-state index in [2.05, 4.69) is 14.7 Å². The molecule has 0 aliphatic carbocycles. The van der Waals surface area contributed by atoms with Gasteiger partial charge in [-0.2, -0.15) is 0 Å². The van der Waals surface area contributed by atoms with Crippen LogP contribution in [0.3, 0.4) is 0 Å². The zero-order valence-electron chi connectivity index (χ0n) is 19.5. The molecule has 3 heterocycles. The van der Waals surface area contributed by atoms with Gasteiger partial charge in [-0.1, -0.05) is 24.3 Å². The summed E-state index contributed by atoms with van der Waals surface area (Å²) in [6.45, 7) is 0.870. The summed E-state index contributed by atoms with van der Waals surface area (Å²) in [5, 5.41) is 11.7.